The second-order valence-corrected chi connectivity index (χ2v) is 2.76. The van der Waals surface area contributed by atoms with Crippen LogP contribution in [0.1, 0.15) is 6.42 Å². The number of nitrogens with one attached hydrogen (secondary N) is 1. The van der Waals surface area contributed by atoms with Gasteiger partial charge in [-0.3, -0.25) is 4.79 Å². The maximum Gasteiger partial charge on any atom is 0.246 e. The van der Waals surface area contributed by atoms with Gasteiger partial charge in [0.2, 0.25) is 5.91 Å². The van der Waals surface area contributed by atoms with Gasteiger partial charge in [-0.05, 0) is 19.5 Å². The van der Waals surface area contributed by atoms with Crippen LogP contribution in [0.4, 0.5) is 0 Å². The fourth-order valence-electron chi connectivity index (χ4n) is 1.33. The SMILES string of the molecule is C=CC(=O)N1CC[C@H](NC)C1. The van der Waals surface area contributed by atoms with Crippen LogP contribution >= 0.6 is 0 Å². The molecule has 0 spiro atoms. The van der Waals surface area contributed by atoms with Gasteiger partial charge < -0.3 is 10.2 Å². The smallest absolute Gasteiger partial charge is 0.246 e. The molecule has 1 aliphatic rings. The highest BCUT2D eigenvalue weighted by Crippen LogP contribution is 2.08. The Labute approximate surface area is 67.1 Å². The van der Waals surface area contributed by atoms with Crippen LogP contribution < -0.4 is 5.32 Å². The summed E-state index contributed by atoms with van der Waals surface area (Å²) in [5, 5.41) is 3.14. The number of likely N-dealkylation sites (N-methyl/N-ethyl adjacent to an activating group) is 1. The summed E-state index contributed by atoms with van der Waals surface area (Å²) in [5.41, 5.74) is 0. The molecule has 3 nitrogen and oxygen atoms in total. The van der Waals surface area contributed by atoms with Crippen molar-refractivity contribution in [1.29, 1.82) is 0 Å². The summed E-state index contributed by atoms with van der Waals surface area (Å²) in [7, 11) is 1.92. The molecule has 1 amide bonds. The Hall–Kier alpha value is -0.830. The summed E-state index contributed by atoms with van der Waals surface area (Å²) in [6.45, 7) is 5.12. The van der Waals surface area contributed by atoms with Gasteiger partial charge in [-0.15, -0.1) is 0 Å². The largest absolute Gasteiger partial charge is 0.338 e. The van der Waals surface area contributed by atoms with Gasteiger partial charge in [0.1, 0.15) is 0 Å². The van der Waals surface area contributed by atoms with E-state index >= 15 is 0 Å². The van der Waals surface area contributed by atoms with Crippen molar-refractivity contribution in [2.24, 2.45) is 0 Å². The predicted octanol–water partition coefficient (Wildman–Crippen LogP) is -0.00730. The summed E-state index contributed by atoms with van der Waals surface area (Å²) in [4.78, 5) is 12.9. The van der Waals surface area contributed by atoms with Gasteiger partial charge in [-0.1, -0.05) is 6.58 Å². The van der Waals surface area contributed by atoms with Gasteiger partial charge >= 0.3 is 0 Å². The predicted molar refractivity (Wildman–Crippen MR) is 44.2 cm³/mol. The van der Waals surface area contributed by atoms with E-state index in [0.29, 0.717) is 6.04 Å². The highest BCUT2D eigenvalue weighted by atomic mass is 16.2. The van der Waals surface area contributed by atoms with Crippen molar-refractivity contribution in [3.63, 3.8) is 0 Å². The van der Waals surface area contributed by atoms with Gasteiger partial charge in [-0.2, -0.15) is 0 Å². The van der Waals surface area contributed by atoms with E-state index in [9.17, 15) is 4.79 Å². The molecule has 0 radical (unpaired) electrons. The first-order chi connectivity index (χ1) is 5.27. The number of rotatable bonds is 2. The van der Waals surface area contributed by atoms with E-state index in [-0.39, 0.29) is 5.91 Å². The molecule has 1 aliphatic heterocycles. The minimum Gasteiger partial charge on any atom is -0.338 e. The molecule has 0 bridgehead atoms. The van der Waals surface area contributed by atoms with Gasteiger partial charge in [-0.25, -0.2) is 0 Å². The fraction of sp³-hybridized carbons (Fsp3) is 0.625. The monoisotopic (exact) mass is 154 g/mol. The molecule has 0 unspecified atom stereocenters. The van der Waals surface area contributed by atoms with Crippen molar-refractivity contribution < 1.29 is 4.79 Å². The Bertz CT molecular complexity index is 167. The molecular weight excluding hydrogens is 140 g/mol. The summed E-state index contributed by atoms with van der Waals surface area (Å²) < 4.78 is 0. The van der Waals surface area contributed by atoms with Crippen molar-refractivity contribution in [3.05, 3.63) is 12.7 Å². The van der Waals surface area contributed by atoms with Crippen LogP contribution in [0, 0.1) is 0 Å². The van der Waals surface area contributed by atoms with Crippen LogP contribution in [-0.2, 0) is 4.79 Å². The Morgan fingerprint density at radius 2 is 2.55 bits per heavy atom. The third kappa shape index (κ3) is 1.80. The molecule has 0 aromatic carbocycles. The average molecular weight is 154 g/mol. The standard InChI is InChI=1S/C8H14N2O/c1-3-8(11)10-5-4-7(6-10)9-2/h3,7,9H,1,4-6H2,2H3/t7-/m0/s1. The highest BCUT2D eigenvalue weighted by Gasteiger charge is 2.22. The van der Waals surface area contributed by atoms with Crippen LogP contribution in [0.25, 0.3) is 0 Å². The summed E-state index contributed by atoms with van der Waals surface area (Å²) in [6.07, 6.45) is 2.42. The Morgan fingerprint density at radius 1 is 1.82 bits per heavy atom. The van der Waals surface area contributed by atoms with Crippen LogP contribution in [0.5, 0.6) is 0 Å². The molecule has 0 aromatic rings. The Morgan fingerprint density at radius 3 is 3.00 bits per heavy atom. The van der Waals surface area contributed by atoms with Crippen molar-refractivity contribution in [1.82, 2.24) is 10.2 Å². The molecule has 3 heteroatoms. The van der Waals surface area contributed by atoms with E-state index in [0.717, 1.165) is 19.5 Å². The van der Waals surface area contributed by atoms with Crippen LogP contribution in [0.2, 0.25) is 0 Å². The Balaban J connectivity index is 2.41. The van der Waals surface area contributed by atoms with Crippen LogP contribution in [0.15, 0.2) is 12.7 Å². The third-order valence-electron chi connectivity index (χ3n) is 2.08. The van der Waals surface area contributed by atoms with E-state index in [1.54, 1.807) is 0 Å². The second-order valence-electron chi connectivity index (χ2n) is 2.76. The number of hydrogen-bond acceptors (Lipinski definition) is 2. The van der Waals surface area contributed by atoms with Gasteiger partial charge in [0.05, 0.1) is 0 Å². The topological polar surface area (TPSA) is 32.3 Å². The summed E-state index contributed by atoms with van der Waals surface area (Å²) in [5.74, 6) is 0.0442. The van der Waals surface area contributed by atoms with E-state index in [2.05, 4.69) is 11.9 Å². The summed E-state index contributed by atoms with van der Waals surface area (Å²) in [6, 6.07) is 0.471. The molecule has 1 fully saturated rings. The van der Waals surface area contributed by atoms with Gasteiger partial charge in [0.15, 0.2) is 0 Å². The average Bonchev–Trinajstić information content (AvgIpc) is 2.50. The lowest BCUT2D eigenvalue weighted by molar-refractivity contribution is -0.125. The zero-order valence-corrected chi connectivity index (χ0v) is 6.84. The van der Waals surface area contributed by atoms with Crippen LogP contribution in [-0.4, -0.2) is 37.0 Å². The quantitative estimate of drug-likeness (QED) is 0.567. The van der Waals surface area contributed by atoms with Crippen molar-refractivity contribution >= 4 is 5.91 Å². The first-order valence-corrected chi connectivity index (χ1v) is 3.86. The first-order valence-electron chi connectivity index (χ1n) is 3.86. The number of likely N-dealkylation sites (tertiary alicyclic amines) is 1. The molecule has 1 rings (SSSR count). The van der Waals surface area contributed by atoms with E-state index in [1.165, 1.54) is 6.08 Å². The van der Waals surface area contributed by atoms with E-state index in [1.807, 2.05) is 11.9 Å². The molecule has 1 atom stereocenters. The van der Waals surface area contributed by atoms with E-state index < -0.39 is 0 Å². The lowest BCUT2D eigenvalue weighted by Gasteiger charge is -2.13. The third-order valence-corrected chi connectivity index (χ3v) is 2.08. The van der Waals surface area contributed by atoms with Crippen molar-refractivity contribution in [2.45, 2.75) is 12.5 Å². The normalized spacial score (nSPS) is 23.7. The molecule has 0 saturated carbocycles. The number of carbonyl (C=O) groups is 1. The lowest BCUT2D eigenvalue weighted by Crippen LogP contribution is -2.32. The molecule has 0 aromatic heterocycles. The zero-order chi connectivity index (χ0) is 8.27. The fourth-order valence-corrected chi connectivity index (χ4v) is 1.33. The first kappa shape index (κ1) is 8.27. The molecule has 11 heavy (non-hydrogen) atoms. The maximum absolute atomic E-state index is 11.1. The molecular formula is C8H14N2O. The van der Waals surface area contributed by atoms with Gasteiger partial charge in [0, 0.05) is 19.1 Å². The molecule has 1 saturated heterocycles. The Kier molecular flexibility index (Phi) is 2.65. The molecule has 1 heterocycles. The number of nitrogens with zero attached hydrogens (tertiary/aromatic N) is 1. The molecule has 1 N–H and O–H groups in total. The minimum atomic E-state index is 0.0442. The second kappa shape index (κ2) is 3.53. The molecule has 62 valence electrons. The maximum atomic E-state index is 11.1. The molecule has 0 aliphatic carbocycles. The lowest BCUT2D eigenvalue weighted by atomic mass is 10.3. The van der Waals surface area contributed by atoms with Gasteiger partial charge in [0.25, 0.3) is 0 Å². The summed E-state index contributed by atoms with van der Waals surface area (Å²) >= 11 is 0. The van der Waals surface area contributed by atoms with Crippen LogP contribution in [0.3, 0.4) is 0 Å². The van der Waals surface area contributed by atoms with Crippen molar-refractivity contribution in [2.75, 3.05) is 20.1 Å². The number of amides is 1. The van der Waals surface area contributed by atoms with Crippen molar-refractivity contribution in [3.8, 4) is 0 Å². The number of carbonyl (C=O) groups excluding carboxylic acids is 1. The zero-order valence-electron chi connectivity index (χ0n) is 6.84. The highest BCUT2D eigenvalue weighted by molar-refractivity contribution is 5.87. The number of hydrogen-bond donors (Lipinski definition) is 1. The van der Waals surface area contributed by atoms with E-state index in [4.69, 9.17) is 0 Å². The minimum absolute atomic E-state index is 0.0442.